The van der Waals surface area contributed by atoms with E-state index in [9.17, 15) is 17.6 Å². The fraction of sp³-hybridized carbons (Fsp3) is 0.478. The standard InChI is InChI=1S/C23H26ClF4NO2/c1-2-16-12-19(9-10-21(16)24)30-18-7-4-6-17(13-18)29-14-15-5-3-8-20(11-15)31-23(27,28)22(25)26/h3,5,8-12,17-18,22,29H,2,4,6-7,13-14H2,1H3. The van der Waals surface area contributed by atoms with Gasteiger partial charge in [0.15, 0.2) is 0 Å². The number of hydrogen-bond donors (Lipinski definition) is 1. The highest BCUT2D eigenvalue weighted by Gasteiger charge is 2.44. The van der Waals surface area contributed by atoms with E-state index < -0.39 is 12.5 Å². The van der Waals surface area contributed by atoms with Crippen molar-refractivity contribution in [2.24, 2.45) is 0 Å². The molecule has 1 saturated carbocycles. The van der Waals surface area contributed by atoms with E-state index in [-0.39, 0.29) is 17.9 Å². The zero-order chi connectivity index (χ0) is 22.4. The van der Waals surface area contributed by atoms with Crippen LogP contribution in [0.25, 0.3) is 0 Å². The molecule has 3 nitrogen and oxygen atoms in total. The van der Waals surface area contributed by atoms with Crippen LogP contribution in [0, 0.1) is 0 Å². The summed E-state index contributed by atoms with van der Waals surface area (Å²) in [6, 6.07) is 11.7. The molecule has 1 fully saturated rings. The lowest BCUT2D eigenvalue weighted by molar-refractivity contribution is -0.253. The molecule has 2 atom stereocenters. The van der Waals surface area contributed by atoms with Crippen LogP contribution in [-0.2, 0) is 13.0 Å². The van der Waals surface area contributed by atoms with Crippen molar-refractivity contribution in [2.75, 3.05) is 0 Å². The molecule has 1 aliphatic rings. The zero-order valence-corrected chi connectivity index (χ0v) is 18.0. The van der Waals surface area contributed by atoms with Gasteiger partial charge in [-0.15, -0.1) is 0 Å². The predicted molar refractivity (Wildman–Crippen MR) is 112 cm³/mol. The van der Waals surface area contributed by atoms with Gasteiger partial charge < -0.3 is 14.8 Å². The monoisotopic (exact) mass is 459 g/mol. The summed E-state index contributed by atoms with van der Waals surface area (Å²) >= 11 is 6.17. The van der Waals surface area contributed by atoms with Gasteiger partial charge in [-0.25, -0.2) is 0 Å². The number of nitrogens with one attached hydrogen (secondary N) is 1. The van der Waals surface area contributed by atoms with Gasteiger partial charge in [0.25, 0.3) is 0 Å². The van der Waals surface area contributed by atoms with Crippen LogP contribution in [-0.4, -0.2) is 24.7 Å². The molecule has 170 valence electrons. The van der Waals surface area contributed by atoms with Gasteiger partial charge in [-0.05, 0) is 73.6 Å². The first kappa shape index (κ1) is 23.7. The molecule has 0 bridgehead atoms. The van der Waals surface area contributed by atoms with Gasteiger partial charge >= 0.3 is 12.5 Å². The van der Waals surface area contributed by atoms with E-state index in [1.807, 2.05) is 25.1 Å². The van der Waals surface area contributed by atoms with Crippen molar-refractivity contribution in [3.63, 3.8) is 0 Å². The van der Waals surface area contributed by atoms with Gasteiger partial charge in [0, 0.05) is 17.6 Å². The van der Waals surface area contributed by atoms with Crippen molar-refractivity contribution in [1.82, 2.24) is 5.32 Å². The highest BCUT2D eigenvalue weighted by atomic mass is 35.5. The normalized spacial score (nSPS) is 19.5. The Balaban J connectivity index is 1.53. The Labute approximate surface area is 184 Å². The maximum Gasteiger partial charge on any atom is 0.461 e. The van der Waals surface area contributed by atoms with Gasteiger partial charge in [-0.1, -0.05) is 30.7 Å². The Morgan fingerprint density at radius 3 is 2.68 bits per heavy atom. The number of halogens is 5. The topological polar surface area (TPSA) is 30.5 Å². The summed E-state index contributed by atoms with van der Waals surface area (Å²) in [6.07, 6.45) is -3.77. The van der Waals surface area contributed by atoms with Crippen molar-refractivity contribution in [2.45, 2.75) is 70.3 Å². The smallest absolute Gasteiger partial charge is 0.461 e. The minimum Gasteiger partial charge on any atom is -0.490 e. The first-order valence-corrected chi connectivity index (χ1v) is 10.8. The van der Waals surface area contributed by atoms with E-state index in [0.29, 0.717) is 12.1 Å². The largest absolute Gasteiger partial charge is 0.490 e. The molecule has 31 heavy (non-hydrogen) atoms. The summed E-state index contributed by atoms with van der Waals surface area (Å²) in [5, 5.41) is 4.14. The average Bonchev–Trinajstić information content (AvgIpc) is 2.74. The van der Waals surface area contributed by atoms with Crippen molar-refractivity contribution < 1.29 is 27.0 Å². The third kappa shape index (κ3) is 6.74. The van der Waals surface area contributed by atoms with Crippen LogP contribution in [0.3, 0.4) is 0 Å². The Kier molecular flexibility index (Phi) is 8.06. The highest BCUT2D eigenvalue weighted by Crippen LogP contribution is 2.29. The number of aryl methyl sites for hydroxylation is 1. The zero-order valence-electron chi connectivity index (χ0n) is 17.2. The summed E-state index contributed by atoms with van der Waals surface area (Å²) in [5.74, 6) is 0.514. The Morgan fingerprint density at radius 1 is 1.13 bits per heavy atom. The van der Waals surface area contributed by atoms with Gasteiger partial charge in [-0.3, -0.25) is 0 Å². The van der Waals surface area contributed by atoms with Crippen molar-refractivity contribution >= 4 is 11.6 Å². The molecule has 0 spiro atoms. The van der Waals surface area contributed by atoms with Gasteiger partial charge in [0.2, 0.25) is 0 Å². The van der Waals surface area contributed by atoms with Crippen LogP contribution >= 0.6 is 11.6 Å². The molecule has 0 amide bonds. The molecule has 3 rings (SSSR count). The maximum atomic E-state index is 13.1. The second kappa shape index (κ2) is 10.6. The Bertz CT molecular complexity index is 865. The molecule has 0 heterocycles. The predicted octanol–water partition coefficient (Wildman–Crippen LogP) is 6.62. The summed E-state index contributed by atoms with van der Waals surface area (Å²) in [6.45, 7) is 2.45. The molecule has 0 aliphatic heterocycles. The van der Waals surface area contributed by atoms with Crippen LogP contribution < -0.4 is 14.8 Å². The molecule has 0 radical (unpaired) electrons. The van der Waals surface area contributed by atoms with E-state index >= 15 is 0 Å². The molecular formula is C23H26ClF4NO2. The molecule has 2 aromatic rings. The number of benzene rings is 2. The molecule has 2 aromatic carbocycles. The number of alkyl halides is 4. The van der Waals surface area contributed by atoms with Crippen LogP contribution in [0.5, 0.6) is 11.5 Å². The van der Waals surface area contributed by atoms with Crippen molar-refractivity contribution in [1.29, 1.82) is 0 Å². The van der Waals surface area contributed by atoms with E-state index in [0.717, 1.165) is 48.4 Å². The van der Waals surface area contributed by atoms with Crippen LogP contribution in [0.2, 0.25) is 5.02 Å². The SMILES string of the molecule is CCc1cc(OC2CCCC(NCc3cccc(OC(F)(F)C(F)F)c3)C2)ccc1Cl. The summed E-state index contributed by atoms with van der Waals surface area (Å²) < 4.78 is 61.2. The van der Waals surface area contributed by atoms with Crippen LogP contribution in [0.4, 0.5) is 17.6 Å². The molecular weight excluding hydrogens is 434 g/mol. The van der Waals surface area contributed by atoms with E-state index in [1.54, 1.807) is 6.07 Å². The summed E-state index contributed by atoms with van der Waals surface area (Å²) in [4.78, 5) is 0. The first-order valence-electron chi connectivity index (χ1n) is 10.4. The lowest BCUT2D eigenvalue weighted by Gasteiger charge is -2.30. The van der Waals surface area contributed by atoms with Gasteiger partial charge in [-0.2, -0.15) is 17.6 Å². The van der Waals surface area contributed by atoms with Crippen molar-refractivity contribution in [3.8, 4) is 11.5 Å². The molecule has 2 unspecified atom stereocenters. The minimum atomic E-state index is -4.51. The second-order valence-corrected chi connectivity index (χ2v) is 8.11. The highest BCUT2D eigenvalue weighted by molar-refractivity contribution is 6.31. The van der Waals surface area contributed by atoms with Crippen molar-refractivity contribution in [3.05, 3.63) is 58.6 Å². The minimum absolute atomic E-state index is 0.0662. The second-order valence-electron chi connectivity index (χ2n) is 7.70. The fourth-order valence-corrected chi connectivity index (χ4v) is 3.96. The third-order valence-electron chi connectivity index (χ3n) is 5.33. The van der Waals surface area contributed by atoms with Crippen LogP contribution in [0.15, 0.2) is 42.5 Å². The summed E-state index contributed by atoms with van der Waals surface area (Å²) in [5.41, 5.74) is 1.72. The molecule has 0 saturated heterocycles. The summed E-state index contributed by atoms with van der Waals surface area (Å²) in [7, 11) is 0. The molecule has 8 heteroatoms. The van der Waals surface area contributed by atoms with Crippen LogP contribution in [0.1, 0.15) is 43.7 Å². The average molecular weight is 460 g/mol. The lowest BCUT2D eigenvalue weighted by Crippen LogP contribution is -2.37. The molecule has 1 N–H and O–H groups in total. The quantitative estimate of drug-likeness (QED) is 0.427. The first-order chi connectivity index (χ1) is 14.8. The molecule has 0 aromatic heterocycles. The Morgan fingerprint density at radius 2 is 1.94 bits per heavy atom. The lowest BCUT2D eigenvalue weighted by atomic mass is 9.92. The van der Waals surface area contributed by atoms with E-state index in [1.165, 1.54) is 18.2 Å². The number of ether oxygens (including phenoxy) is 2. The van der Waals surface area contributed by atoms with E-state index in [2.05, 4.69) is 10.1 Å². The van der Waals surface area contributed by atoms with Gasteiger partial charge in [0.1, 0.15) is 17.6 Å². The fourth-order valence-electron chi connectivity index (χ4n) is 3.71. The number of hydrogen-bond acceptors (Lipinski definition) is 3. The Hall–Kier alpha value is -1.99. The maximum absolute atomic E-state index is 13.1. The van der Waals surface area contributed by atoms with E-state index in [4.69, 9.17) is 16.3 Å². The van der Waals surface area contributed by atoms with Gasteiger partial charge in [0.05, 0.1) is 0 Å². The molecule has 1 aliphatic carbocycles. The number of rotatable bonds is 9. The third-order valence-corrected chi connectivity index (χ3v) is 5.70.